The Morgan fingerprint density at radius 2 is 2.30 bits per heavy atom. The molecule has 3 atom stereocenters. The summed E-state index contributed by atoms with van der Waals surface area (Å²) in [4.78, 5) is 0. The zero-order chi connectivity index (χ0) is 16.6. The minimum absolute atomic E-state index is 0.179. The van der Waals surface area contributed by atoms with Gasteiger partial charge >= 0.3 is 0 Å². The van der Waals surface area contributed by atoms with Crippen molar-refractivity contribution in [2.45, 2.75) is 31.5 Å². The number of aromatic nitrogens is 2. The number of nitrogens with two attached hydrogens (primary N) is 1. The van der Waals surface area contributed by atoms with Gasteiger partial charge in [0.25, 0.3) is 0 Å². The van der Waals surface area contributed by atoms with Crippen LogP contribution in [0, 0.1) is 0 Å². The molecule has 1 aliphatic heterocycles. The van der Waals surface area contributed by atoms with E-state index in [1.165, 1.54) is 0 Å². The van der Waals surface area contributed by atoms with E-state index >= 15 is 0 Å². The topological polar surface area (TPSA) is 119 Å². The van der Waals surface area contributed by atoms with Crippen molar-refractivity contribution in [3.05, 3.63) is 18.3 Å². The van der Waals surface area contributed by atoms with Gasteiger partial charge in [0.2, 0.25) is 10.0 Å². The number of ether oxygens (including phenoxy) is 2. The first kappa shape index (κ1) is 16.0. The number of H-pyrrole nitrogens is 1. The predicted molar refractivity (Wildman–Crippen MR) is 86.0 cm³/mol. The molecule has 1 aromatic heterocycles. The van der Waals surface area contributed by atoms with Gasteiger partial charge in [0.1, 0.15) is 18.2 Å². The van der Waals surface area contributed by atoms with E-state index in [-0.39, 0.29) is 12.6 Å². The van der Waals surface area contributed by atoms with Crippen LogP contribution in [0.15, 0.2) is 18.3 Å². The van der Waals surface area contributed by atoms with Gasteiger partial charge in [0.05, 0.1) is 18.5 Å². The minimum Gasteiger partial charge on any atom is -0.486 e. The second-order valence-electron chi connectivity index (χ2n) is 5.90. The number of aromatic amines is 1. The maximum Gasteiger partial charge on any atom is 0.209 e. The Balaban J connectivity index is 1.89. The summed E-state index contributed by atoms with van der Waals surface area (Å²) in [5, 5.41) is 7.77. The van der Waals surface area contributed by atoms with Crippen LogP contribution < -0.4 is 19.9 Å². The summed E-state index contributed by atoms with van der Waals surface area (Å²) < 4.78 is 37.6. The number of nitrogens with zero attached hydrogens (tertiary/aromatic N) is 1. The van der Waals surface area contributed by atoms with E-state index in [0.29, 0.717) is 17.9 Å². The van der Waals surface area contributed by atoms with Crippen LogP contribution >= 0.6 is 0 Å². The molecular formula is C14H20N4O4S. The van der Waals surface area contributed by atoms with Crippen molar-refractivity contribution in [2.24, 2.45) is 5.73 Å². The fourth-order valence-corrected chi connectivity index (χ4v) is 3.50. The lowest BCUT2D eigenvalue weighted by Gasteiger charge is -2.33. The lowest BCUT2D eigenvalue weighted by molar-refractivity contribution is 0.0660. The highest BCUT2D eigenvalue weighted by molar-refractivity contribution is 7.88. The third-order valence-corrected chi connectivity index (χ3v) is 4.38. The SMILES string of the molecule is C[C@H](N)CC(NS(C)(=O)=O)[C@H]1COc2ccc3cn[nH]c3c2O1. The Morgan fingerprint density at radius 3 is 3.00 bits per heavy atom. The fourth-order valence-electron chi connectivity index (χ4n) is 2.71. The van der Waals surface area contributed by atoms with Crippen LogP contribution in [0.25, 0.3) is 10.9 Å². The second kappa shape index (κ2) is 5.99. The standard InChI is InChI=1S/C14H20N4O4S/c1-8(15)5-10(18-23(2,19)20)12-7-21-11-4-3-9-6-16-17-13(9)14(11)22-12/h3-4,6,8,10,12,18H,5,7,15H2,1-2H3,(H,16,17)/t8-,10?,12+/m0/s1. The fraction of sp³-hybridized carbons (Fsp3) is 0.500. The molecule has 8 nitrogen and oxygen atoms in total. The van der Waals surface area contributed by atoms with Gasteiger partial charge in [-0.15, -0.1) is 0 Å². The van der Waals surface area contributed by atoms with E-state index in [4.69, 9.17) is 15.2 Å². The molecule has 1 aromatic carbocycles. The summed E-state index contributed by atoms with van der Waals surface area (Å²) >= 11 is 0. The highest BCUT2D eigenvalue weighted by Crippen LogP contribution is 2.38. The van der Waals surface area contributed by atoms with Crippen molar-refractivity contribution >= 4 is 20.9 Å². The van der Waals surface area contributed by atoms with Gasteiger partial charge < -0.3 is 15.2 Å². The van der Waals surface area contributed by atoms with E-state index in [9.17, 15) is 8.42 Å². The van der Waals surface area contributed by atoms with Crippen LogP contribution in [-0.4, -0.2) is 49.7 Å². The van der Waals surface area contributed by atoms with Gasteiger partial charge in [-0.05, 0) is 25.5 Å². The molecule has 9 heteroatoms. The van der Waals surface area contributed by atoms with E-state index in [0.717, 1.165) is 17.2 Å². The van der Waals surface area contributed by atoms with E-state index in [1.807, 2.05) is 19.1 Å². The van der Waals surface area contributed by atoms with Crippen molar-refractivity contribution < 1.29 is 17.9 Å². The summed E-state index contributed by atoms with van der Waals surface area (Å²) in [5.74, 6) is 1.15. The highest BCUT2D eigenvalue weighted by atomic mass is 32.2. The van der Waals surface area contributed by atoms with E-state index < -0.39 is 22.2 Å². The van der Waals surface area contributed by atoms with Crippen molar-refractivity contribution in [1.82, 2.24) is 14.9 Å². The van der Waals surface area contributed by atoms with Crippen LogP contribution in [0.1, 0.15) is 13.3 Å². The summed E-state index contributed by atoms with van der Waals surface area (Å²) in [6.07, 6.45) is 2.77. The van der Waals surface area contributed by atoms with Crippen molar-refractivity contribution in [1.29, 1.82) is 0 Å². The Labute approximate surface area is 134 Å². The number of fused-ring (bicyclic) bond motifs is 3. The molecule has 23 heavy (non-hydrogen) atoms. The Hall–Kier alpha value is -1.84. The first-order valence-corrected chi connectivity index (χ1v) is 9.21. The van der Waals surface area contributed by atoms with Gasteiger partial charge in [-0.3, -0.25) is 5.10 Å². The number of benzene rings is 1. The third-order valence-electron chi connectivity index (χ3n) is 3.65. The van der Waals surface area contributed by atoms with Gasteiger partial charge in [-0.1, -0.05) is 0 Å². The number of nitrogens with one attached hydrogen (secondary N) is 2. The molecule has 2 aromatic rings. The molecule has 0 saturated carbocycles. The molecule has 2 heterocycles. The maximum absolute atomic E-state index is 11.6. The van der Waals surface area contributed by atoms with Gasteiger partial charge in [0, 0.05) is 11.4 Å². The average molecular weight is 340 g/mol. The molecule has 1 unspecified atom stereocenters. The minimum atomic E-state index is -3.39. The van der Waals surface area contributed by atoms with Crippen LogP contribution in [0.3, 0.4) is 0 Å². The Bertz CT molecular complexity index is 802. The first-order valence-electron chi connectivity index (χ1n) is 7.32. The number of hydrogen-bond donors (Lipinski definition) is 3. The maximum atomic E-state index is 11.6. The molecule has 0 fully saturated rings. The van der Waals surface area contributed by atoms with Gasteiger partial charge in [0.15, 0.2) is 11.5 Å². The normalized spacial score (nSPS) is 20.4. The smallest absolute Gasteiger partial charge is 0.209 e. The zero-order valence-corrected chi connectivity index (χ0v) is 13.8. The lowest BCUT2D eigenvalue weighted by Crippen LogP contribution is -2.51. The molecule has 126 valence electrons. The average Bonchev–Trinajstić information content (AvgIpc) is 2.93. The number of sulfonamides is 1. The van der Waals surface area contributed by atoms with Crippen molar-refractivity contribution in [3.8, 4) is 11.5 Å². The molecule has 0 bridgehead atoms. The molecule has 3 rings (SSSR count). The quantitative estimate of drug-likeness (QED) is 0.723. The monoisotopic (exact) mass is 340 g/mol. The second-order valence-corrected chi connectivity index (χ2v) is 7.68. The van der Waals surface area contributed by atoms with Crippen molar-refractivity contribution in [2.75, 3.05) is 12.9 Å². The molecule has 0 spiro atoms. The van der Waals surface area contributed by atoms with Crippen molar-refractivity contribution in [3.63, 3.8) is 0 Å². The summed E-state index contributed by atoms with van der Waals surface area (Å²) in [5.41, 5.74) is 6.57. The molecule has 1 aliphatic rings. The third kappa shape index (κ3) is 3.57. The van der Waals surface area contributed by atoms with Gasteiger partial charge in [-0.25, -0.2) is 13.1 Å². The molecule has 0 amide bonds. The zero-order valence-electron chi connectivity index (χ0n) is 12.9. The number of hydrogen-bond acceptors (Lipinski definition) is 6. The predicted octanol–water partition coefficient (Wildman–Crippen LogP) is 0.358. The summed E-state index contributed by atoms with van der Waals surface area (Å²) in [6.45, 7) is 2.06. The van der Waals surface area contributed by atoms with E-state index in [2.05, 4.69) is 14.9 Å². The largest absolute Gasteiger partial charge is 0.486 e. The first-order chi connectivity index (χ1) is 10.8. The van der Waals surface area contributed by atoms with Crippen LogP contribution in [-0.2, 0) is 10.0 Å². The lowest BCUT2D eigenvalue weighted by atomic mass is 10.0. The van der Waals surface area contributed by atoms with Gasteiger partial charge in [-0.2, -0.15) is 5.10 Å². The summed E-state index contributed by atoms with van der Waals surface area (Å²) in [7, 11) is -3.39. The molecular weight excluding hydrogens is 320 g/mol. The highest BCUT2D eigenvalue weighted by Gasteiger charge is 2.32. The molecule has 0 aliphatic carbocycles. The van der Waals surface area contributed by atoms with E-state index in [1.54, 1.807) is 6.20 Å². The number of rotatable bonds is 5. The molecule has 0 radical (unpaired) electrons. The Morgan fingerprint density at radius 1 is 1.52 bits per heavy atom. The van der Waals surface area contributed by atoms with Crippen LogP contribution in [0.4, 0.5) is 0 Å². The summed E-state index contributed by atoms with van der Waals surface area (Å²) in [6, 6.07) is 3.04. The molecule has 0 saturated heterocycles. The van der Waals surface area contributed by atoms with Crippen LogP contribution in [0.2, 0.25) is 0 Å². The van der Waals surface area contributed by atoms with Crippen LogP contribution in [0.5, 0.6) is 11.5 Å². The molecule has 4 N–H and O–H groups in total. The Kier molecular flexibility index (Phi) is 4.17.